The van der Waals surface area contributed by atoms with Crippen LogP contribution in [0.4, 0.5) is 0 Å². The summed E-state index contributed by atoms with van der Waals surface area (Å²) in [4.78, 5) is -0.590. The Balaban J connectivity index is -0.000000179. The molecule has 0 aromatic carbocycles. The molecule has 34 heavy (non-hydrogen) atoms. The number of halogens is 2. The summed E-state index contributed by atoms with van der Waals surface area (Å²) >= 11 is 10.7. The Bertz CT molecular complexity index is 604. The maximum absolute atomic E-state index is 7.12. The maximum Gasteiger partial charge on any atom is 4.00 e. The molecule has 0 aliphatic heterocycles. The number of nitrogens with one attached hydrogen (secondary N) is 2. The second-order valence-electron chi connectivity index (χ2n) is 11.3. The van der Waals surface area contributed by atoms with Crippen molar-refractivity contribution in [3.8, 4) is 0 Å². The molecule has 0 saturated heterocycles. The Hall–Kier alpha value is 1.37. The molecule has 2 aliphatic rings. The molecule has 188 valence electrons. The molecule has 2 aliphatic carbocycles. The van der Waals surface area contributed by atoms with Gasteiger partial charge in [0.05, 0.1) is 4.84 Å². The van der Waals surface area contributed by atoms with Crippen LogP contribution >= 0.6 is 23.2 Å². The average Bonchev–Trinajstić information content (AvgIpc) is 3.09. The summed E-state index contributed by atoms with van der Waals surface area (Å²) in [6, 6.07) is 0. The molecular formula is C26H50Cl2LiN2Si2Zr+3. The smallest absolute Gasteiger partial charge is 0.673 e. The molecule has 0 bridgehead atoms. The van der Waals surface area contributed by atoms with Crippen LogP contribution in [0, 0.1) is 0 Å². The van der Waals surface area contributed by atoms with Crippen molar-refractivity contribution < 1.29 is 45.1 Å². The van der Waals surface area contributed by atoms with E-state index in [0.717, 1.165) is 11.1 Å². The first-order chi connectivity index (χ1) is 14.2. The SMILES string of the molecule is CC(C)(C)[NH-].CC(C)([NH-])C(Cl)Cl.CC1=CC([SiH](C)C)C=C1C.CC1=CC([SiH](C)C)C=C1C.[Li+].[Zr+4]. The van der Waals surface area contributed by atoms with Crippen LogP contribution in [0.3, 0.4) is 0 Å². The number of rotatable bonds is 3. The van der Waals surface area contributed by atoms with Crippen molar-refractivity contribution in [2.75, 3.05) is 0 Å². The Kier molecular flexibility index (Phi) is 24.3. The van der Waals surface area contributed by atoms with Crippen molar-refractivity contribution in [1.82, 2.24) is 0 Å². The first kappa shape index (κ1) is 42.5. The molecule has 0 aromatic heterocycles. The van der Waals surface area contributed by atoms with Gasteiger partial charge < -0.3 is 11.5 Å². The molecule has 2 rings (SSSR count). The number of hydrogen-bond acceptors (Lipinski definition) is 0. The molecule has 2 nitrogen and oxygen atoms in total. The third-order valence-corrected chi connectivity index (χ3v) is 10.0. The zero-order valence-electron chi connectivity index (χ0n) is 24.5. The first-order valence-electron chi connectivity index (χ1n) is 11.7. The van der Waals surface area contributed by atoms with E-state index in [1.54, 1.807) is 13.8 Å². The largest absolute Gasteiger partial charge is 4.00 e. The van der Waals surface area contributed by atoms with Gasteiger partial charge in [-0.15, -0.1) is 34.3 Å². The van der Waals surface area contributed by atoms with Crippen molar-refractivity contribution in [2.45, 2.75) is 115 Å². The third kappa shape index (κ3) is 22.6. The van der Waals surface area contributed by atoms with Crippen LogP contribution in [0.15, 0.2) is 46.6 Å². The van der Waals surface area contributed by atoms with E-state index in [0.29, 0.717) is 0 Å². The maximum atomic E-state index is 7.12. The third-order valence-electron chi connectivity index (χ3n) is 5.10. The van der Waals surface area contributed by atoms with Crippen molar-refractivity contribution in [3.05, 3.63) is 58.1 Å². The van der Waals surface area contributed by atoms with Crippen molar-refractivity contribution in [1.29, 1.82) is 0 Å². The summed E-state index contributed by atoms with van der Waals surface area (Å²) in [5, 5.41) is 0. The second-order valence-corrected chi connectivity index (χ2v) is 18.9. The summed E-state index contributed by atoms with van der Waals surface area (Å²) in [7, 11) is -0.905. The van der Waals surface area contributed by atoms with Crippen molar-refractivity contribution in [3.63, 3.8) is 0 Å². The van der Waals surface area contributed by atoms with E-state index in [2.05, 4.69) is 78.2 Å². The molecule has 8 heteroatoms. The van der Waals surface area contributed by atoms with Gasteiger partial charge in [0.2, 0.25) is 0 Å². The van der Waals surface area contributed by atoms with Crippen LogP contribution in [0.25, 0.3) is 11.5 Å². The van der Waals surface area contributed by atoms with Crippen LogP contribution in [0.1, 0.15) is 62.3 Å². The molecule has 0 aromatic rings. The van der Waals surface area contributed by atoms with Gasteiger partial charge in [-0.25, -0.2) is 0 Å². The van der Waals surface area contributed by atoms with E-state index in [9.17, 15) is 0 Å². The van der Waals surface area contributed by atoms with Crippen LogP contribution < -0.4 is 18.9 Å². The standard InChI is InChI=1S/2C9H16Si.C4H8Cl2N.C4H10N.Li.Zr/c2*1-7-5-9(10(3)4)6-8(7)2;1-4(2,7)3(5)6;1-4(2,3)5;;/h2*5-6,9-10H,1-4H3;3,7H,1-2H3;5H,1-3H3;;/q;;2*-1;+1;+4. The zero-order chi connectivity index (χ0) is 26.0. The van der Waals surface area contributed by atoms with Gasteiger partial charge in [-0.2, -0.15) is 0 Å². The van der Waals surface area contributed by atoms with E-state index in [1.807, 2.05) is 20.8 Å². The van der Waals surface area contributed by atoms with E-state index in [-0.39, 0.29) is 50.6 Å². The van der Waals surface area contributed by atoms with Gasteiger partial charge in [0, 0.05) is 17.6 Å². The van der Waals surface area contributed by atoms with E-state index in [4.69, 9.17) is 34.7 Å². The molecule has 0 atom stereocenters. The minimum Gasteiger partial charge on any atom is -0.673 e. The van der Waals surface area contributed by atoms with Gasteiger partial charge in [0.1, 0.15) is 0 Å². The molecule has 0 unspecified atom stereocenters. The average molecular weight is 616 g/mol. The van der Waals surface area contributed by atoms with Crippen LogP contribution in [-0.4, -0.2) is 33.5 Å². The van der Waals surface area contributed by atoms with Crippen LogP contribution in [-0.2, 0) is 26.2 Å². The molecule has 0 saturated carbocycles. The summed E-state index contributed by atoms with van der Waals surface area (Å²) in [5.41, 5.74) is 20.7. The summed E-state index contributed by atoms with van der Waals surface area (Å²) < 4.78 is 0. The first-order valence-corrected chi connectivity index (χ1v) is 18.5. The number of hydrogen-bond donors (Lipinski definition) is 0. The van der Waals surface area contributed by atoms with E-state index >= 15 is 0 Å². The molecule has 0 spiro atoms. The molecule has 0 heterocycles. The predicted octanol–water partition coefficient (Wildman–Crippen LogP) is 6.96. The zero-order valence-corrected chi connectivity index (χ0v) is 30.7. The predicted molar refractivity (Wildman–Crippen MR) is 158 cm³/mol. The molecule has 2 N–H and O–H groups in total. The Morgan fingerprint density at radius 1 is 0.676 bits per heavy atom. The second kappa shape index (κ2) is 19.4. The summed E-state index contributed by atoms with van der Waals surface area (Å²) in [6.07, 6.45) is 9.69. The summed E-state index contributed by atoms with van der Waals surface area (Å²) in [6.45, 7) is 27.4. The monoisotopic (exact) mass is 613 g/mol. The minimum atomic E-state index is -0.719. The summed E-state index contributed by atoms with van der Waals surface area (Å²) in [5.74, 6) is 0. The number of alkyl halides is 2. The Morgan fingerprint density at radius 2 is 0.824 bits per heavy atom. The van der Waals surface area contributed by atoms with Gasteiger partial charge in [-0.1, -0.05) is 107 Å². The normalized spacial score (nSPS) is 16.0. The molecule has 0 fully saturated rings. The topological polar surface area (TPSA) is 47.6 Å². The fourth-order valence-corrected chi connectivity index (χ4v) is 5.24. The van der Waals surface area contributed by atoms with Gasteiger partial charge in [0.15, 0.2) is 0 Å². The molecule has 0 amide bonds. The van der Waals surface area contributed by atoms with Crippen molar-refractivity contribution in [2.24, 2.45) is 0 Å². The van der Waals surface area contributed by atoms with Crippen LogP contribution in [0.2, 0.25) is 37.3 Å². The number of allylic oxidation sites excluding steroid dienone is 8. The van der Waals surface area contributed by atoms with Gasteiger partial charge in [0.25, 0.3) is 0 Å². The fourth-order valence-electron chi connectivity index (χ4n) is 2.55. The fraction of sp³-hybridized carbons (Fsp3) is 0.692. The molecular weight excluding hydrogens is 566 g/mol. The Morgan fingerprint density at radius 3 is 0.882 bits per heavy atom. The van der Waals surface area contributed by atoms with Crippen LogP contribution in [0.5, 0.6) is 0 Å². The van der Waals surface area contributed by atoms with Crippen molar-refractivity contribution >= 4 is 40.8 Å². The Labute approximate surface area is 257 Å². The molecule has 0 radical (unpaired) electrons. The minimum absolute atomic E-state index is 0. The van der Waals surface area contributed by atoms with E-state index in [1.165, 1.54) is 22.3 Å². The van der Waals surface area contributed by atoms with Gasteiger partial charge in [-0.05, 0) is 38.8 Å². The van der Waals surface area contributed by atoms with E-state index < -0.39 is 28.0 Å². The quantitative estimate of drug-likeness (QED) is 0.244. The van der Waals surface area contributed by atoms with Gasteiger partial charge in [-0.3, -0.25) is 0 Å². The van der Waals surface area contributed by atoms with Gasteiger partial charge >= 0.3 is 45.1 Å².